The van der Waals surface area contributed by atoms with Crippen molar-refractivity contribution in [1.82, 2.24) is 9.97 Å². The molecule has 0 radical (unpaired) electrons. The molecule has 0 amide bonds. The predicted octanol–water partition coefficient (Wildman–Crippen LogP) is 3.53. The number of benzene rings is 1. The van der Waals surface area contributed by atoms with Gasteiger partial charge in [0.1, 0.15) is 5.82 Å². The van der Waals surface area contributed by atoms with E-state index in [2.05, 4.69) is 31.2 Å². The normalized spacial score (nSPS) is 10.3. The molecule has 0 unspecified atom stereocenters. The molecule has 0 fully saturated rings. The van der Waals surface area contributed by atoms with Crippen LogP contribution in [-0.2, 0) is 0 Å². The zero-order chi connectivity index (χ0) is 12.4. The Morgan fingerprint density at radius 3 is 2.76 bits per heavy atom. The molecule has 6 heteroatoms. The summed E-state index contributed by atoms with van der Waals surface area (Å²) in [5, 5.41) is 3.72. The van der Waals surface area contributed by atoms with Gasteiger partial charge < -0.3 is 11.1 Å². The average Bonchev–Trinajstić information content (AvgIpc) is 2.22. The Labute approximate surface area is 112 Å². The number of aromatic nitrogens is 2. The third-order valence-corrected chi connectivity index (χ3v) is 2.89. The van der Waals surface area contributed by atoms with Crippen LogP contribution in [0.5, 0.6) is 0 Å². The van der Waals surface area contributed by atoms with E-state index >= 15 is 0 Å². The van der Waals surface area contributed by atoms with Gasteiger partial charge in [-0.25, -0.2) is 4.98 Å². The zero-order valence-corrected chi connectivity index (χ0v) is 11.4. The summed E-state index contributed by atoms with van der Waals surface area (Å²) >= 11 is 9.45. The van der Waals surface area contributed by atoms with E-state index in [0.717, 1.165) is 15.9 Å². The zero-order valence-electron chi connectivity index (χ0n) is 9.04. The second-order valence-corrected chi connectivity index (χ2v) is 4.82. The molecule has 0 saturated carbocycles. The fourth-order valence-corrected chi connectivity index (χ4v) is 1.91. The maximum atomic E-state index is 6.07. The molecule has 2 rings (SSSR count). The minimum Gasteiger partial charge on any atom is -0.368 e. The first kappa shape index (κ1) is 12.1. The van der Waals surface area contributed by atoms with Crippen molar-refractivity contribution in [2.75, 3.05) is 11.1 Å². The smallest absolute Gasteiger partial charge is 0.222 e. The molecule has 0 saturated heterocycles. The van der Waals surface area contributed by atoms with E-state index in [9.17, 15) is 0 Å². The van der Waals surface area contributed by atoms with E-state index in [4.69, 9.17) is 17.3 Å². The molecule has 1 heterocycles. The number of rotatable bonds is 2. The molecule has 0 aliphatic heterocycles. The average molecular weight is 314 g/mol. The van der Waals surface area contributed by atoms with Gasteiger partial charge in [-0.05, 0) is 25.1 Å². The molecule has 0 atom stereocenters. The molecule has 0 bridgehead atoms. The van der Waals surface area contributed by atoms with Crippen molar-refractivity contribution in [2.45, 2.75) is 6.92 Å². The van der Waals surface area contributed by atoms with Crippen LogP contribution >= 0.6 is 27.5 Å². The summed E-state index contributed by atoms with van der Waals surface area (Å²) in [6.45, 7) is 1.85. The molecular formula is C11H10BrClN4. The van der Waals surface area contributed by atoms with Crippen LogP contribution in [-0.4, -0.2) is 9.97 Å². The number of anilines is 3. The molecule has 4 nitrogen and oxygen atoms in total. The standard InChI is InChI=1S/C11H10BrClN4/c1-6-4-10(17-11(14)15-6)16-9-5-7(12)2-3-8(9)13/h2-5H,1H3,(H3,14,15,16,17). The fraction of sp³-hybridized carbons (Fsp3) is 0.0909. The van der Waals surface area contributed by atoms with Crippen molar-refractivity contribution >= 4 is 45.0 Å². The Bertz CT molecular complexity index is 539. The van der Waals surface area contributed by atoms with Crippen molar-refractivity contribution < 1.29 is 0 Å². The van der Waals surface area contributed by atoms with Crippen LogP contribution in [0.25, 0.3) is 0 Å². The maximum Gasteiger partial charge on any atom is 0.222 e. The Kier molecular flexibility index (Phi) is 3.49. The van der Waals surface area contributed by atoms with Crippen LogP contribution in [0, 0.1) is 6.92 Å². The van der Waals surface area contributed by atoms with Gasteiger partial charge >= 0.3 is 0 Å². The van der Waals surface area contributed by atoms with E-state index in [1.165, 1.54) is 0 Å². The van der Waals surface area contributed by atoms with Crippen LogP contribution in [0.3, 0.4) is 0 Å². The molecule has 1 aromatic carbocycles. The van der Waals surface area contributed by atoms with E-state index in [0.29, 0.717) is 10.8 Å². The summed E-state index contributed by atoms with van der Waals surface area (Å²) in [4.78, 5) is 8.08. The Morgan fingerprint density at radius 1 is 1.29 bits per heavy atom. The van der Waals surface area contributed by atoms with Crippen LogP contribution < -0.4 is 11.1 Å². The predicted molar refractivity (Wildman–Crippen MR) is 73.6 cm³/mol. The maximum absolute atomic E-state index is 6.07. The Morgan fingerprint density at radius 2 is 2.06 bits per heavy atom. The highest BCUT2D eigenvalue weighted by molar-refractivity contribution is 9.10. The van der Waals surface area contributed by atoms with Gasteiger partial charge in [-0.2, -0.15) is 4.98 Å². The van der Waals surface area contributed by atoms with Gasteiger partial charge in [0.15, 0.2) is 0 Å². The highest BCUT2D eigenvalue weighted by atomic mass is 79.9. The topological polar surface area (TPSA) is 63.8 Å². The minimum absolute atomic E-state index is 0.235. The third-order valence-electron chi connectivity index (χ3n) is 2.06. The fourth-order valence-electron chi connectivity index (χ4n) is 1.39. The molecule has 88 valence electrons. The Balaban J connectivity index is 2.34. The van der Waals surface area contributed by atoms with E-state index in [1.54, 1.807) is 12.1 Å². The van der Waals surface area contributed by atoms with Gasteiger partial charge in [0, 0.05) is 16.2 Å². The van der Waals surface area contributed by atoms with E-state index in [-0.39, 0.29) is 5.95 Å². The minimum atomic E-state index is 0.235. The molecule has 1 aromatic heterocycles. The summed E-state index contributed by atoms with van der Waals surface area (Å²) in [6, 6.07) is 7.34. The first-order valence-corrected chi connectivity index (χ1v) is 6.05. The molecule has 17 heavy (non-hydrogen) atoms. The van der Waals surface area contributed by atoms with E-state index in [1.807, 2.05) is 19.1 Å². The molecule has 0 spiro atoms. The highest BCUT2D eigenvalue weighted by Crippen LogP contribution is 2.28. The van der Waals surface area contributed by atoms with Gasteiger partial charge in [0.05, 0.1) is 10.7 Å². The van der Waals surface area contributed by atoms with Crippen molar-refractivity contribution in [3.05, 3.63) is 39.5 Å². The lowest BCUT2D eigenvalue weighted by Crippen LogP contribution is -2.01. The molecule has 0 aliphatic carbocycles. The lowest BCUT2D eigenvalue weighted by atomic mass is 10.3. The number of hydrogen-bond donors (Lipinski definition) is 2. The molecule has 3 N–H and O–H groups in total. The summed E-state index contributed by atoms with van der Waals surface area (Å²) < 4.78 is 0.933. The van der Waals surface area contributed by atoms with Gasteiger partial charge in [0.2, 0.25) is 5.95 Å². The number of nitrogens with one attached hydrogen (secondary N) is 1. The van der Waals surface area contributed by atoms with Gasteiger partial charge in [0.25, 0.3) is 0 Å². The first-order chi connectivity index (χ1) is 8.04. The summed E-state index contributed by atoms with van der Waals surface area (Å²) in [6.07, 6.45) is 0. The van der Waals surface area contributed by atoms with Crippen LogP contribution in [0.15, 0.2) is 28.7 Å². The number of aryl methyl sites for hydroxylation is 1. The number of nitrogens with two attached hydrogens (primary N) is 1. The summed E-state index contributed by atoms with van der Waals surface area (Å²) in [7, 11) is 0. The number of hydrogen-bond acceptors (Lipinski definition) is 4. The van der Waals surface area contributed by atoms with Gasteiger partial charge in [-0.3, -0.25) is 0 Å². The molecule has 2 aromatic rings. The second-order valence-electron chi connectivity index (χ2n) is 3.50. The van der Waals surface area contributed by atoms with Gasteiger partial charge in [-0.15, -0.1) is 0 Å². The second kappa shape index (κ2) is 4.89. The van der Waals surface area contributed by atoms with Crippen LogP contribution in [0.4, 0.5) is 17.5 Å². The number of nitrogens with zero attached hydrogens (tertiary/aromatic N) is 2. The van der Waals surface area contributed by atoms with Crippen LogP contribution in [0.2, 0.25) is 5.02 Å². The number of nitrogen functional groups attached to an aromatic ring is 1. The Hall–Kier alpha value is -1.33. The largest absolute Gasteiger partial charge is 0.368 e. The monoisotopic (exact) mass is 312 g/mol. The van der Waals surface area contributed by atoms with Crippen molar-refractivity contribution in [3.63, 3.8) is 0 Å². The lowest BCUT2D eigenvalue weighted by molar-refractivity contribution is 1.12. The SMILES string of the molecule is Cc1cc(Nc2cc(Br)ccc2Cl)nc(N)n1. The van der Waals surface area contributed by atoms with E-state index < -0.39 is 0 Å². The summed E-state index contributed by atoms with van der Waals surface area (Å²) in [5.74, 6) is 0.855. The van der Waals surface area contributed by atoms with Gasteiger partial charge in [-0.1, -0.05) is 27.5 Å². The van der Waals surface area contributed by atoms with Crippen molar-refractivity contribution in [3.8, 4) is 0 Å². The quantitative estimate of drug-likeness (QED) is 0.890. The summed E-state index contributed by atoms with van der Waals surface area (Å²) in [5.41, 5.74) is 7.14. The number of halogens is 2. The third kappa shape index (κ3) is 3.08. The lowest BCUT2D eigenvalue weighted by Gasteiger charge is -2.09. The van der Waals surface area contributed by atoms with Crippen LogP contribution in [0.1, 0.15) is 5.69 Å². The van der Waals surface area contributed by atoms with Crippen molar-refractivity contribution in [1.29, 1.82) is 0 Å². The molecule has 0 aliphatic rings. The highest BCUT2D eigenvalue weighted by Gasteiger charge is 2.04. The van der Waals surface area contributed by atoms with Crippen molar-refractivity contribution in [2.24, 2.45) is 0 Å². The first-order valence-electron chi connectivity index (χ1n) is 4.88. The molecular weight excluding hydrogens is 304 g/mol.